The van der Waals surface area contributed by atoms with E-state index in [0.717, 1.165) is 32.1 Å². The molecule has 0 aliphatic heterocycles. The molecule has 0 saturated heterocycles. The molecule has 0 radical (unpaired) electrons. The highest BCUT2D eigenvalue weighted by Crippen LogP contribution is 2.27. The molecule has 0 unspecified atom stereocenters. The molecule has 126 valence electrons. The number of carbonyl (C=O) groups is 1. The van der Waals surface area contributed by atoms with E-state index in [9.17, 15) is 4.79 Å². The highest BCUT2D eigenvalue weighted by atomic mass is 79.9. The van der Waals surface area contributed by atoms with E-state index in [1.165, 1.54) is 0 Å². The Morgan fingerprint density at radius 2 is 1.80 bits per heavy atom. The molecule has 5 heteroatoms. The van der Waals surface area contributed by atoms with Gasteiger partial charge < -0.3 is 4.74 Å². The van der Waals surface area contributed by atoms with Gasteiger partial charge in [0, 0.05) is 4.47 Å². The van der Waals surface area contributed by atoms with Crippen LogP contribution in [0.4, 0.5) is 0 Å². The van der Waals surface area contributed by atoms with E-state index >= 15 is 0 Å². The van der Waals surface area contributed by atoms with Gasteiger partial charge in [-0.05, 0) is 52.2 Å². The van der Waals surface area contributed by atoms with Crippen LogP contribution in [0, 0.1) is 0 Å². The van der Waals surface area contributed by atoms with Crippen molar-refractivity contribution >= 4 is 38.8 Å². The first-order valence-corrected chi connectivity index (χ1v) is 8.59. The van der Waals surface area contributed by atoms with Crippen LogP contribution < -0.4 is 10.2 Å². The number of ether oxygens (including phenoxy) is 1. The van der Waals surface area contributed by atoms with Gasteiger partial charge in [-0.15, -0.1) is 0 Å². The Morgan fingerprint density at radius 3 is 2.52 bits per heavy atom. The fourth-order valence-corrected chi connectivity index (χ4v) is 3.04. The number of nitrogens with one attached hydrogen (secondary N) is 1. The van der Waals surface area contributed by atoms with Crippen molar-refractivity contribution < 1.29 is 9.53 Å². The highest BCUT2D eigenvalue weighted by Gasteiger charge is 2.08. The molecule has 3 rings (SSSR count). The average molecular weight is 397 g/mol. The van der Waals surface area contributed by atoms with Crippen molar-refractivity contribution in [3.63, 3.8) is 0 Å². The van der Waals surface area contributed by atoms with Crippen molar-refractivity contribution in [2.24, 2.45) is 5.10 Å². The monoisotopic (exact) mass is 396 g/mol. The van der Waals surface area contributed by atoms with Gasteiger partial charge in [-0.3, -0.25) is 4.79 Å². The molecule has 25 heavy (non-hydrogen) atoms. The lowest BCUT2D eigenvalue weighted by Crippen LogP contribution is -2.19. The van der Waals surface area contributed by atoms with Crippen molar-refractivity contribution in [1.82, 2.24) is 5.43 Å². The Kier molecular flexibility index (Phi) is 5.46. The topological polar surface area (TPSA) is 50.7 Å². The van der Waals surface area contributed by atoms with Gasteiger partial charge in [0.25, 0.3) is 0 Å². The number of carbonyl (C=O) groups excluding carboxylic acids is 1. The molecule has 0 spiro atoms. The van der Waals surface area contributed by atoms with Gasteiger partial charge >= 0.3 is 0 Å². The molecule has 0 aromatic heterocycles. The molecule has 0 heterocycles. The highest BCUT2D eigenvalue weighted by molar-refractivity contribution is 9.10. The molecule has 4 nitrogen and oxygen atoms in total. The van der Waals surface area contributed by atoms with Crippen LogP contribution in [-0.4, -0.2) is 19.2 Å². The van der Waals surface area contributed by atoms with E-state index in [0.29, 0.717) is 0 Å². The Bertz CT molecular complexity index is 921. The summed E-state index contributed by atoms with van der Waals surface area (Å²) < 4.78 is 6.12. The number of rotatable bonds is 5. The number of hydrogen-bond acceptors (Lipinski definition) is 3. The first-order chi connectivity index (χ1) is 12.2. The predicted octanol–water partition coefficient (Wildman–Crippen LogP) is 4.30. The van der Waals surface area contributed by atoms with Crippen molar-refractivity contribution in [1.29, 1.82) is 0 Å². The van der Waals surface area contributed by atoms with Gasteiger partial charge in [0.15, 0.2) is 0 Å². The van der Waals surface area contributed by atoms with Gasteiger partial charge in [-0.2, -0.15) is 5.10 Å². The molecule has 1 N–H and O–H groups in total. The zero-order valence-electron chi connectivity index (χ0n) is 13.7. The number of hydrazone groups is 1. The van der Waals surface area contributed by atoms with E-state index in [1.54, 1.807) is 13.3 Å². The second-order valence-corrected chi connectivity index (χ2v) is 6.35. The number of fused-ring (bicyclic) bond motifs is 1. The fourth-order valence-electron chi connectivity index (χ4n) is 2.56. The summed E-state index contributed by atoms with van der Waals surface area (Å²) in [5.41, 5.74) is 4.43. The summed E-state index contributed by atoms with van der Waals surface area (Å²) >= 11 is 3.54. The normalized spacial score (nSPS) is 11.0. The van der Waals surface area contributed by atoms with Crippen LogP contribution in [0.3, 0.4) is 0 Å². The molecule has 0 fully saturated rings. The fraction of sp³-hybridized carbons (Fsp3) is 0.100. The van der Waals surface area contributed by atoms with Gasteiger partial charge in [-0.25, -0.2) is 5.43 Å². The Morgan fingerprint density at radius 1 is 1.08 bits per heavy atom. The zero-order chi connectivity index (χ0) is 17.6. The zero-order valence-corrected chi connectivity index (χ0v) is 15.3. The van der Waals surface area contributed by atoms with Gasteiger partial charge in [0.2, 0.25) is 5.91 Å². The van der Waals surface area contributed by atoms with Crippen molar-refractivity contribution in [3.8, 4) is 5.75 Å². The lowest BCUT2D eigenvalue weighted by atomic mass is 10.0. The molecular formula is C20H17BrN2O2. The van der Waals surface area contributed by atoms with Gasteiger partial charge in [0.1, 0.15) is 5.75 Å². The van der Waals surface area contributed by atoms with Crippen LogP contribution in [0.15, 0.2) is 70.2 Å². The van der Waals surface area contributed by atoms with Crippen molar-refractivity contribution in [3.05, 3.63) is 76.3 Å². The largest absolute Gasteiger partial charge is 0.497 e. The summed E-state index contributed by atoms with van der Waals surface area (Å²) in [6, 6.07) is 19.4. The van der Waals surface area contributed by atoms with Crippen molar-refractivity contribution in [2.75, 3.05) is 7.11 Å². The number of hydrogen-bond donors (Lipinski definition) is 1. The van der Waals surface area contributed by atoms with Crippen LogP contribution in [-0.2, 0) is 11.2 Å². The lowest BCUT2D eigenvalue weighted by Gasteiger charge is -2.07. The molecule has 0 aliphatic carbocycles. The minimum absolute atomic E-state index is 0.155. The molecule has 0 aliphatic rings. The second kappa shape index (κ2) is 7.94. The first-order valence-electron chi connectivity index (χ1n) is 7.79. The maximum absolute atomic E-state index is 12.2. The van der Waals surface area contributed by atoms with E-state index in [2.05, 4.69) is 26.5 Å². The van der Waals surface area contributed by atoms with Gasteiger partial charge in [0.05, 0.1) is 19.7 Å². The van der Waals surface area contributed by atoms with E-state index in [-0.39, 0.29) is 12.3 Å². The lowest BCUT2D eigenvalue weighted by molar-refractivity contribution is -0.120. The standard InChI is InChI=1S/C20H17BrN2O2/c1-25-16-9-6-14(7-10-16)13-22-23-20(24)12-15-8-11-19(21)18-5-3-2-4-17(15)18/h2-11,13H,12H2,1H3,(H,23,24). The summed E-state index contributed by atoms with van der Waals surface area (Å²) in [6.45, 7) is 0. The van der Waals surface area contributed by atoms with E-state index < -0.39 is 0 Å². The molecule has 0 atom stereocenters. The maximum Gasteiger partial charge on any atom is 0.244 e. The smallest absolute Gasteiger partial charge is 0.244 e. The van der Waals surface area contributed by atoms with E-state index in [4.69, 9.17) is 4.74 Å². The van der Waals surface area contributed by atoms with Crippen LogP contribution in [0.5, 0.6) is 5.75 Å². The summed E-state index contributed by atoms with van der Waals surface area (Å²) in [6.07, 6.45) is 1.88. The van der Waals surface area contributed by atoms with Gasteiger partial charge in [-0.1, -0.05) is 46.3 Å². The van der Waals surface area contributed by atoms with Crippen LogP contribution in [0.2, 0.25) is 0 Å². The first kappa shape index (κ1) is 17.2. The third-order valence-electron chi connectivity index (χ3n) is 3.83. The molecule has 1 amide bonds. The maximum atomic E-state index is 12.2. The average Bonchev–Trinajstić information content (AvgIpc) is 2.65. The molecular weight excluding hydrogens is 380 g/mol. The third-order valence-corrected chi connectivity index (χ3v) is 4.52. The molecule has 0 bridgehead atoms. The number of amides is 1. The Balaban J connectivity index is 1.66. The molecule has 3 aromatic rings. The summed E-state index contributed by atoms with van der Waals surface area (Å²) in [4.78, 5) is 12.2. The Labute approximate surface area is 154 Å². The van der Waals surface area contributed by atoms with E-state index in [1.807, 2.05) is 60.7 Å². The summed E-state index contributed by atoms with van der Waals surface area (Å²) in [7, 11) is 1.62. The number of methoxy groups -OCH3 is 1. The number of nitrogens with zero attached hydrogens (tertiary/aromatic N) is 1. The van der Waals surface area contributed by atoms with Crippen molar-refractivity contribution in [2.45, 2.75) is 6.42 Å². The predicted molar refractivity (Wildman–Crippen MR) is 104 cm³/mol. The second-order valence-electron chi connectivity index (χ2n) is 5.50. The quantitative estimate of drug-likeness (QED) is 0.516. The van der Waals surface area contributed by atoms with Crippen LogP contribution in [0.25, 0.3) is 10.8 Å². The number of halogens is 1. The van der Waals surface area contributed by atoms with Crippen LogP contribution >= 0.6 is 15.9 Å². The minimum Gasteiger partial charge on any atom is -0.497 e. The molecule has 3 aromatic carbocycles. The third kappa shape index (κ3) is 4.25. The minimum atomic E-state index is -0.155. The summed E-state index contributed by atoms with van der Waals surface area (Å²) in [5, 5.41) is 6.17. The summed E-state index contributed by atoms with van der Waals surface area (Å²) in [5.74, 6) is 0.625. The molecule has 0 saturated carbocycles. The Hall–Kier alpha value is -2.66. The number of benzene rings is 3. The van der Waals surface area contributed by atoms with Crippen LogP contribution in [0.1, 0.15) is 11.1 Å². The SMILES string of the molecule is COc1ccc(C=NNC(=O)Cc2ccc(Br)c3ccccc23)cc1.